The Morgan fingerprint density at radius 3 is 1.62 bits per heavy atom. The van der Waals surface area contributed by atoms with E-state index < -0.39 is 11.7 Å². The molecule has 0 aliphatic heterocycles. The lowest BCUT2D eigenvalue weighted by Crippen LogP contribution is -2.49. The van der Waals surface area contributed by atoms with Gasteiger partial charge in [0.05, 0.1) is 64.7 Å². The van der Waals surface area contributed by atoms with Crippen molar-refractivity contribution in [3.05, 3.63) is 109 Å². The summed E-state index contributed by atoms with van der Waals surface area (Å²) in [5.74, 6) is 1.34. The molecule has 0 unspecified atom stereocenters. The molecule has 2 aliphatic carbocycles. The molecule has 6 aromatic rings. The largest absolute Gasteiger partial charge is 0.444 e. The van der Waals surface area contributed by atoms with E-state index in [9.17, 15) is 15.3 Å². The van der Waals surface area contributed by atoms with Gasteiger partial charge in [-0.1, -0.05) is 37.8 Å². The molecule has 2 saturated carbocycles. The van der Waals surface area contributed by atoms with Crippen molar-refractivity contribution in [1.82, 2.24) is 45.3 Å². The fourth-order valence-electron chi connectivity index (χ4n) is 7.53. The second-order valence-electron chi connectivity index (χ2n) is 16.4. The van der Waals surface area contributed by atoms with Gasteiger partial charge < -0.3 is 37.1 Å². The molecule has 63 heavy (non-hydrogen) atoms. The molecule has 0 radical (unpaired) electrons. The molecule has 2 aliphatic rings. The second kappa shape index (κ2) is 20.3. The van der Waals surface area contributed by atoms with Crippen molar-refractivity contribution in [2.45, 2.75) is 102 Å². The number of nitriles is 2. The van der Waals surface area contributed by atoms with E-state index in [0.29, 0.717) is 34.1 Å². The summed E-state index contributed by atoms with van der Waals surface area (Å²) in [6, 6.07) is 23.6. The van der Waals surface area contributed by atoms with Crippen molar-refractivity contribution >= 4 is 40.5 Å². The van der Waals surface area contributed by atoms with Gasteiger partial charge in [0.1, 0.15) is 29.4 Å². The van der Waals surface area contributed by atoms with E-state index in [-0.39, 0.29) is 24.2 Å². The normalized spacial score (nSPS) is 18.3. The molecule has 4 aromatic heterocycles. The Morgan fingerprint density at radius 1 is 0.683 bits per heavy atom. The first-order valence-corrected chi connectivity index (χ1v) is 21.1. The third-order valence-corrected chi connectivity index (χ3v) is 10.6. The van der Waals surface area contributed by atoms with E-state index in [4.69, 9.17) is 10.5 Å². The summed E-state index contributed by atoms with van der Waals surface area (Å²) in [4.78, 5) is 24.2. The summed E-state index contributed by atoms with van der Waals surface area (Å²) in [7, 11) is 0. The molecule has 8 rings (SSSR count). The predicted molar refractivity (Wildman–Crippen MR) is 240 cm³/mol. The third kappa shape index (κ3) is 12.1. The SMILES string of the molecule is CC(C)(C)OC(=O)N[C@H]1CCCC[C@H]1Nc1cc(Nc2cccc(-n3nccn3)c2)c(C#N)cn1.N#Cc1cnc(N[C@@H]2CCCC[C@@H]2N)cc1Nc1cccc(-n2nccn2)c1. The molecule has 7 N–H and O–H groups in total. The zero-order valence-corrected chi connectivity index (χ0v) is 35.6. The number of nitrogens with one attached hydrogen (secondary N) is 5. The van der Waals surface area contributed by atoms with E-state index in [0.717, 1.165) is 61.3 Å². The highest BCUT2D eigenvalue weighted by atomic mass is 16.6. The highest BCUT2D eigenvalue weighted by Gasteiger charge is 2.29. The number of alkyl carbamates (subject to hydrolysis) is 1. The maximum Gasteiger partial charge on any atom is 0.407 e. The average molecular weight is 849 g/mol. The lowest BCUT2D eigenvalue weighted by molar-refractivity contribution is 0.0488. The van der Waals surface area contributed by atoms with Crippen LogP contribution >= 0.6 is 0 Å². The summed E-state index contributed by atoms with van der Waals surface area (Å²) in [5, 5.41) is 52.2. The Balaban J connectivity index is 0.000000193. The van der Waals surface area contributed by atoms with E-state index in [1.54, 1.807) is 42.0 Å². The number of rotatable bonds is 11. The molecule has 18 nitrogen and oxygen atoms in total. The Kier molecular flexibility index (Phi) is 14.0. The zero-order chi connectivity index (χ0) is 44.2. The molecule has 0 bridgehead atoms. The van der Waals surface area contributed by atoms with Gasteiger partial charge >= 0.3 is 6.09 Å². The lowest BCUT2D eigenvalue weighted by Gasteiger charge is -2.33. The van der Waals surface area contributed by atoms with Crippen molar-refractivity contribution in [1.29, 1.82) is 10.5 Å². The first-order chi connectivity index (χ1) is 30.5. The van der Waals surface area contributed by atoms with Crippen LogP contribution in [0.2, 0.25) is 0 Å². The standard InChI is InChI=1S/C25H30N8O2.C20H22N8/c1-25(2,3)35-24(34)32-21-10-5-4-9-20(21)31-23-14-22(17(15-26)16-27-23)30-18-7-6-8-19(13-18)33-28-11-12-29-33;21-12-14-13-23-20(27-18-7-2-1-6-17(18)22)11-19(14)26-15-4-3-5-16(10-15)28-24-8-9-25-28/h6-8,11-14,16,20-21H,4-5,9-10H2,1-3H3,(H,32,34)(H2,27,30,31);3-5,8-11,13,17-18H,1-2,6-7,22H2,(H2,23,26,27)/t20-,21+;17-,18+/m10/s1. The maximum absolute atomic E-state index is 12.3. The molecule has 2 fully saturated rings. The molecule has 324 valence electrons. The van der Waals surface area contributed by atoms with Crippen LogP contribution in [0.4, 0.5) is 39.2 Å². The van der Waals surface area contributed by atoms with Gasteiger partial charge in [-0.2, -0.15) is 40.5 Å². The molecule has 0 saturated heterocycles. The first kappa shape index (κ1) is 43.5. The number of anilines is 6. The highest BCUT2D eigenvalue weighted by Crippen LogP contribution is 2.29. The van der Waals surface area contributed by atoms with Gasteiger partial charge in [-0.05, 0) is 82.9 Å². The van der Waals surface area contributed by atoms with Crippen LogP contribution in [0.25, 0.3) is 11.4 Å². The predicted octanol–water partition coefficient (Wildman–Crippen LogP) is 7.48. The summed E-state index contributed by atoms with van der Waals surface area (Å²) in [6.45, 7) is 5.54. The Bertz CT molecular complexity index is 2520. The molecule has 4 heterocycles. The second-order valence-corrected chi connectivity index (χ2v) is 16.4. The number of aromatic nitrogens is 8. The van der Waals surface area contributed by atoms with Gasteiger partial charge in [0, 0.05) is 54.0 Å². The smallest absolute Gasteiger partial charge is 0.407 e. The molecule has 1 amide bonds. The third-order valence-electron chi connectivity index (χ3n) is 10.6. The van der Waals surface area contributed by atoms with Crippen LogP contribution in [-0.2, 0) is 4.74 Å². The van der Waals surface area contributed by atoms with E-state index in [2.05, 4.69) is 69.1 Å². The van der Waals surface area contributed by atoms with Crippen LogP contribution in [0.5, 0.6) is 0 Å². The molecule has 4 atom stereocenters. The molecule has 2 aromatic carbocycles. The molecular formula is C45H52N16O2. The monoisotopic (exact) mass is 848 g/mol. The van der Waals surface area contributed by atoms with E-state index in [1.165, 1.54) is 17.6 Å². The van der Waals surface area contributed by atoms with Gasteiger partial charge in [0.2, 0.25) is 0 Å². The topological polar surface area (TPSA) is 247 Å². The summed E-state index contributed by atoms with van der Waals surface area (Å²) in [5.41, 5.74) is 11.1. The highest BCUT2D eigenvalue weighted by molar-refractivity contribution is 5.72. The van der Waals surface area contributed by atoms with Crippen LogP contribution in [-0.4, -0.2) is 75.8 Å². The van der Waals surface area contributed by atoms with Crippen LogP contribution < -0.4 is 32.3 Å². The minimum Gasteiger partial charge on any atom is -0.444 e. The molecular weight excluding hydrogens is 797 g/mol. The van der Waals surface area contributed by atoms with Crippen molar-refractivity contribution in [2.24, 2.45) is 5.73 Å². The number of nitrogens with zero attached hydrogens (tertiary/aromatic N) is 10. The summed E-state index contributed by atoms with van der Waals surface area (Å²) >= 11 is 0. The Morgan fingerprint density at radius 2 is 1.14 bits per heavy atom. The van der Waals surface area contributed by atoms with Gasteiger partial charge in [-0.15, -0.1) is 0 Å². The average Bonchev–Trinajstić information content (AvgIpc) is 4.02. The fourth-order valence-corrected chi connectivity index (χ4v) is 7.53. The fraction of sp³-hybridized carbons (Fsp3) is 0.356. The number of benzene rings is 2. The van der Waals surface area contributed by atoms with Gasteiger partial charge in [-0.25, -0.2) is 14.8 Å². The van der Waals surface area contributed by atoms with Crippen LogP contribution in [0.3, 0.4) is 0 Å². The number of carbonyl (C=O) groups excluding carboxylic acids is 1. The number of hydrogen-bond donors (Lipinski definition) is 6. The maximum atomic E-state index is 12.3. The Hall–Kier alpha value is -7.57. The van der Waals surface area contributed by atoms with Gasteiger partial charge in [0.15, 0.2) is 0 Å². The number of amides is 1. The van der Waals surface area contributed by atoms with E-state index in [1.807, 2.05) is 81.4 Å². The number of ether oxygens (including phenoxy) is 1. The van der Waals surface area contributed by atoms with E-state index >= 15 is 0 Å². The summed E-state index contributed by atoms with van der Waals surface area (Å²) in [6.07, 6.45) is 17.4. The van der Waals surface area contributed by atoms with Crippen molar-refractivity contribution in [2.75, 3.05) is 21.3 Å². The van der Waals surface area contributed by atoms with Gasteiger partial charge in [-0.3, -0.25) is 0 Å². The van der Waals surface area contributed by atoms with Gasteiger partial charge in [0.25, 0.3) is 0 Å². The van der Waals surface area contributed by atoms with Crippen LogP contribution in [0, 0.1) is 22.7 Å². The number of carbonyl (C=O) groups is 1. The zero-order valence-electron chi connectivity index (χ0n) is 35.6. The Labute approximate surface area is 366 Å². The number of hydrogen-bond acceptors (Lipinski definition) is 15. The minimum absolute atomic E-state index is 0.00114. The quantitative estimate of drug-likeness (QED) is 0.0739. The van der Waals surface area contributed by atoms with Crippen LogP contribution in [0.15, 0.2) is 97.8 Å². The lowest BCUT2D eigenvalue weighted by atomic mass is 9.90. The number of nitrogens with two attached hydrogens (primary N) is 1. The summed E-state index contributed by atoms with van der Waals surface area (Å²) < 4.78 is 5.44. The molecule has 18 heteroatoms. The minimum atomic E-state index is -0.554. The first-order valence-electron chi connectivity index (χ1n) is 21.1. The molecule has 0 spiro atoms. The van der Waals surface area contributed by atoms with Crippen LogP contribution in [0.1, 0.15) is 83.3 Å². The van der Waals surface area contributed by atoms with Crippen molar-refractivity contribution in [3.63, 3.8) is 0 Å². The van der Waals surface area contributed by atoms with Crippen molar-refractivity contribution in [3.8, 4) is 23.5 Å². The number of pyridine rings is 2. The van der Waals surface area contributed by atoms with Crippen molar-refractivity contribution < 1.29 is 9.53 Å².